The second-order valence-electron chi connectivity index (χ2n) is 9.14. The molecule has 0 saturated carbocycles. The van der Waals surface area contributed by atoms with E-state index in [1.54, 1.807) is 0 Å². The molecule has 0 radical (unpaired) electrons. The summed E-state index contributed by atoms with van der Waals surface area (Å²) in [6.07, 6.45) is 22.8. The molecule has 0 rings (SSSR count). The first-order valence-corrected chi connectivity index (χ1v) is 17.3. The molecule has 0 aromatic heterocycles. The van der Waals surface area contributed by atoms with Gasteiger partial charge in [0.2, 0.25) is 0 Å². The Morgan fingerprint density at radius 3 is 1.33 bits per heavy atom. The molecule has 0 aliphatic heterocycles. The van der Waals surface area contributed by atoms with Crippen LogP contribution in [0.15, 0.2) is 12.2 Å². The Kier molecular flexibility index (Phi) is 20.0. The molecular formula is C24H49BrOSi. The predicted molar refractivity (Wildman–Crippen MR) is 131 cm³/mol. The quantitative estimate of drug-likeness (QED) is 0.0716. The third kappa shape index (κ3) is 26.4. The molecule has 0 aliphatic carbocycles. The maximum atomic E-state index is 5.53. The lowest BCUT2D eigenvalue weighted by Gasteiger charge is -2.12. The van der Waals surface area contributed by atoms with E-state index in [-0.39, 0.29) is 0 Å². The molecular weight excluding hydrogens is 412 g/mol. The lowest BCUT2D eigenvalue weighted by Crippen LogP contribution is -2.13. The highest BCUT2D eigenvalue weighted by Crippen LogP contribution is 2.21. The standard InChI is InChI=1S/C24H49BrOSi/c1-24(2)23-26-21-19-17-15-13-11-9-7-5-6-8-10-12-14-16-18-20-22-27(3,4)25/h1,5-23H2,2-4H3. The van der Waals surface area contributed by atoms with Gasteiger partial charge >= 0.3 is 0 Å². The zero-order valence-corrected chi connectivity index (χ0v) is 21.5. The van der Waals surface area contributed by atoms with E-state index in [1.165, 1.54) is 109 Å². The average molecular weight is 462 g/mol. The summed E-state index contributed by atoms with van der Waals surface area (Å²) in [5, 5.41) is 0. The van der Waals surface area contributed by atoms with Gasteiger partial charge in [0.25, 0.3) is 0 Å². The minimum Gasteiger partial charge on any atom is -0.377 e. The van der Waals surface area contributed by atoms with Gasteiger partial charge in [0.1, 0.15) is 6.69 Å². The number of hydrogen-bond donors (Lipinski definition) is 0. The minimum atomic E-state index is -0.968. The fourth-order valence-corrected chi connectivity index (χ4v) is 5.40. The van der Waals surface area contributed by atoms with Gasteiger partial charge in [0.05, 0.1) is 6.61 Å². The fourth-order valence-electron chi connectivity index (χ4n) is 3.47. The van der Waals surface area contributed by atoms with Crippen LogP contribution in [0.4, 0.5) is 0 Å². The first-order valence-electron chi connectivity index (χ1n) is 11.8. The van der Waals surface area contributed by atoms with Crippen molar-refractivity contribution in [2.45, 2.75) is 129 Å². The third-order valence-corrected chi connectivity index (χ3v) is 7.89. The maximum Gasteiger partial charge on any atom is 0.124 e. The zero-order chi connectivity index (χ0) is 20.2. The first kappa shape index (κ1) is 27.4. The smallest absolute Gasteiger partial charge is 0.124 e. The van der Waals surface area contributed by atoms with E-state index >= 15 is 0 Å². The van der Waals surface area contributed by atoms with E-state index in [0.29, 0.717) is 0 Å². The number of rotatable bonds is 21. The van der Waals surface area contributed by atoms with E-state index in [4.69, 9.17) is 4.74 Å². The summed E-state index contributed by atoms with van der Waals surface area (Å²) in [4.78, 5) is 0. The average Bonchev–Trinajstić information content (AvgIpc) is 2.58. The molecule has 0 saturated heterocycles. The third-order valence-electron chi connectivity index (χ3n) is 5.16. The van der Waals surface area contributed by atoms with Crippen molar-refractivity contribution in [2.75, 3.05) is 13.2 Å². The number of halogens is 1. The van der Waals surface area contributed by atoms with Crippen molar-refractivity contribution in [1.82, 2.24) is 0 Å². The molecule has 0 N–H and O–H groups in total. The summed E-state index contributed by atoms with van der Waals surface area (Å²) in [6, 6.07) is 1.44. The second-order valence-corrected chi connectivity index (χ2v) is 19.5. The van der Waals surface area contributed by atoms with E-state index in [2.05, 4.69) is 35.0 Å². The van der Waals surface area contributed by atoms with Crippen molar-refractivity contribution in [3.63, 3.8) is 0 Å². The molecule has 0 aromatic rings. The Bertz CT molecular complexity index is 325. The van der Waals surface area contributed by atoms with E-state index in [1.807, 2.05) is 6.92 Å². The van der Waals surface area contributed by atoms with Crippen LogP contribution < -0.4 is 0 Å². The van der Waals surface area contributed by atoms with Gasteiger partial charge in [-0.3, -0.25) is 0 Å². The lowest BCUT2D eigenvalue weighted by molar-refractivity contribution is 0.151. The van der Waals surface area contributed by atoms with Crippen LogP contribution >= 0.6 is 15.3 Å². The predicted octanol–water partition coefficient (Wildman–Crippen LogP) is 9.42. The fraction of sp³-hybridized carbons (Fsp3) is 0.917. The van der Waals surface area contributed by atoms with Crippen LogP contribution in [0.5, 0.6) is 0 Å². The molecule has 0 amide bonds. The molecule has 162 valence electrons. The number of unbranched alkanes of at least 4 members (excludes halogenated alkanes) is 15. The van der Waals surface area contributed by atoms with Crippen LogP contribution in [-0.4, -0.2) is 19.9 Å². The van der Waals surface area contributed by atoms with Gasteiger partial charge in [-0.2, -0.15) is 0 Å². The van der Waals surface area contributed by atoms with Gasteiger partial charge in [0, 0.05) is 6.61 Å². The van der Waals surface area contributed by atoms with E-state index in [9.17, 15) is 0 Å². The van der Waals surface area contributed by atoms with Crippen LogP contribution in [0.3, 0.4) is 0 Å². The lowest BCUT2D eigenvalue weighted by atomic mass is 10.0. The summed E-state index contributed by atoms with van der Waals surface area (Å²) < 4.78 is 5.53. The molecule has 0 aromatic carbocycles. The second kappa shape index (κ2) is 19.7. The molecule has 0 unspecified atom stereocenters. The van der Waals surface area contributed by atoms with Crippen molar-refractivity contribution < 1.29 is 4.74 Å². The van der Waals surface area contributed by atoms with Gasteiger partial charge in [-0.25, -0.2) is 0 Å². The molecule has 0 fully saturated rings. The molecule has 0 aliphatic rings. The topological polar surface area (TPSA) is 9.23 Å². The Labute approximate surface area is 180 Å². The van der Waals surface area contributed by atoms with Crippen molar-refractivity contribution in [3.8, 4) is 0 Å². The Balaban J connectivity index is 3.04. The van der Waals surface area contributed by atoms with Crippen LogP contribution in [0.25, 0.3) is 0 Å². The molecule has 0 atom stereocenters. The first-order chi connectivity index (χ1) is 12.9. The van der Waals surface area contributed by atoms with Crippen molar-refractivity contribution in [3.05, 3.63) is 12.2 Å². The Morgan fingerprint density at radius 2 is 1.00 bits per heavy atom. The maximum absolute atomic E-state index is 5.53. The minimum absolute atomic E-state index is 0.733. The van der Waals surface area contributed by atoms with Crippen LogP contribution in [0.2, 0.25) is 19.1 Å². The summed E-state index contributed by atoms with van der Waals surface area (Å²) >= 11 is 3.87. The highest BCUT2D eigenvalue weighted by molar-refractivity contribution is 9.26. The molecule has 27 heavy (non-hydrogen) atoms. The largest absolute Gasteiger partial charge is 0.377 e. The summed E-state index contributed by atoms with van der Waals surface area (Å²) in [5.74, 6) is 0. The van der Waals surface area contributed by atoms with Gasteiger partial charge < -0.3 is 4.74 Å². The monoisotopic (exact) mass is 460 g/mol. The van der Waals surface area contributed by atoms with Gasteiger partial charge in [-0.15, -0.1) is 15.3 Å². The molecule has 1 nitrogen and oxygen atoms in total. The van der Waals surface area contributed by atoms with Crippen LogP contribution in [0, 0.1) is 0 Å². The van der Waals surface area contributed by atoms with E-state index < -0.39 is 6.69 Å². The highest BCUT2D eigenvalue weighted by atomic mass is 79.9. The SMILES string of the molecule is C=C(C)COCCCCCCCCCCCCCCCCCC[Si](C)(C)Br. The summed E-state index contributed by atoms with van der Waals surface area (Å²) in [7, 11) is 0. The van der Waals surface area contributed by atoms with E-state index in [0.717, 1.165) is 18.8 Å². The molecule has 0 bridgehead atoms. The summed E-state index contributed by atoms with van der Waals surface area (Å²) in [6.45, 7) is 11.4. The van der Waals surface area contributed by atoms with Crippen LogP contribution in [0.1, 0.15) is 110 Å². The van der Waals surface area contributed by atoms with Gasteiger partial charge in [-0.05, 0) is 19.4 Å². The summed E-state index contributed by atoms with van der Waals surface area (Å²) in [5.41, 5.74) is 1.13. The van der Waals surface area contributed by atoms with Crippen molar-refractivity contribution >= 4 is 22.0 Å². The molecule has 0 heterocycles. The molecule has 0 spiro atoms. The van der Waals surface area contributed by atoms with Crippen LogP contribution in [-0.2, 0) is 4.74 Å². The Morgan fingerprint density at radius 1 is 0.667 bits per heavy atom. The highest BCUT2D eigenvalue weighted by Gasteiger charge is 2.14. The number of hydrogen-bond acceptors (Lipinski definition) is 1. The normalized spacial score (nSPS) is 11.9. The van der Waals surface area contributed by atoms with Gasteiger partial charge in [0.15, 0.2) is 0 Å². The van der Waals surface area contributed by atoms with Crippen molar-refractivity contribution in [2.24, 2.45) is 0 Å². The number of ether oxygens (including phenoxy) is 1. The Hall–Kier alpha value is 0.397. The molecule has 3 heteroatoms. The van der Waals surface area contributed by atoms with Crippen molar-refractivity contribution in [1.29, 1.82) is 0 Å². The van der Waals surface area contributed by atoms with Gasteiger partial charge in [-0.1, -0.05) is 122 Å². The zero-order valence-electron chi connectivity index (χ0n) is 18.9.